The molecule has 1 amide bonds. The van der Waals surface area contributed by atoms with Gasteiger partial charge in [-0.2, -0.15) is 4.98 Å². The minimum absolute atomic E-state index is 0.0481. The van der Waals surface area contributed by atoms with Crippen LogP contribution in [0.25, 0.3) is 11.4 Å². The number of aryl methyl sites for hydroxylation is 1. The van der Waals surface area contributed by atoms with Gasteiger partial charge in [-0.25, -0.2) is 0 Å². The van der Waals surface area contributed by atoms with E-state index in [2.05, 4.69) is 15.5 Å². The summed E-state index contributed by atoms with van der Waals surface area (Å²) in [6.07, 6.45) is 0.0481. The SMILES string of the molecule is Cc1ccc(-c2noc(CNC(=O)c3cccc(OC(C)C)c3)n2)cc1. The van der Waals surface area contributed by atoms with E-state index in [0.717, 1.165) is 11.1 Å². The standard InChI is InChI=1S/C20H21N3O3/c1-13(2)25-17-6-4-5-16(11-17)20(24)21-12-18-22-19(23-26-18)15-9-7-14(3)8-10-15/h4-11,13H,12H2,1-3H3,(H,21,24). The lowest BCUT2D eigenvalue weighted by Gasteiger charge is -2.10. The van der Waals surface area contributed by atoms with Crippen LogP contribution in [0, 0.1) is 6.92 Å². The Labute approximate surface area is 152 Å². The quantitative estimate of drug-likeness (QED) is 0.731. The highest BCUT2D eigenvalue weighted by Gasteiger charge is 2.12. The second-order valence-corrected chi connectivity index (χ2v) is 6.25. The van der Waals surface area contributed by atoms with Crippen LogP contribution in [0.3, 0.4) is 0 Å². The van der Waals surface area contributed by atoms with Crippen molar-refractivity contribution in [3.63, 3.8) is 0 Å². The van der Waals surface area contributed by atoms with Gasteiger partial charge < -0.3 is 14.6 Å². The molecule has 0 unspecified atom stereocenters. The summed E-state index contributed by atoms with van der Waals surface area (Å²) in [5.74, 6) is 1.28. The molecule has 2 aromatic carbocycles. The van der Waals surface area contributed by atoms with Gasteiger partial charge in [-0.1, -0.05) is 41.1 Å². The number of rotatable bonds is 6. The van der Waals surface area contributed by atoms with Gasteiger partial charge in [0.2, 0.25) is 11.7 Å². The molecule has 26 heavy (non-hydrogen) atoms. The minimum Gasteiger partial charge on any atom is -0.491 e. The van der Waals surface area contributed by atoms with E-state index >= 15 is 0 Å². The fourth-order valence-electron chi connectivity index (χ4n) is 2.39. The number of hydrogen-bond donors (Lipinski definition) is 1. The number of amides is 1. The summed E-state index contributed by atoms with van der Waals surface area (Å²) < 4.78 is 10.8. The Kier molecular flexibility index (Phi) is 5.31. The Bertz CT molecular complexity index is 885. The molecular formula is C20H21N3O3. The lowest BCUT2D eigenvalue weighted by atomic mass is 10.1. The zero-order valence-electron chi connectivity index (χ0n) is 15.0. The molecule has 1 N–H and O–H groups in total. The van der Waals surface area contributed by atoms with Crippen LogP contribution in [0.4, 0.5) is 0 Å². The Morgan fingerprint density at radius 3 is 2.69 bits per heavy atom. The predicted molar refractivity (Wildman–Crippen MR) is 97.8 cm³/mol. The van der Waals surface area contributed by atoms with Gasteiger partial charge in [0.1, 0.15) is 5.75 Å². The highest BCUT2D eigenvalue weighted by Crippen LogP contribution is 2.17. The summed E-state index contributed by atoms with van der Waals surface area (Å²) in [6.45, 7) is 6.05. The molecule has 3 rings (SSSR count). The molecule has 0 saturated carbocycles. The molecule has 0 saturated heterocycles. The van der Waals surface area contributed by atoms with Gasteiger partial charge in [0.25, 0.3) is 5.91 Å². The maximum atomic E-state index is 12.3. The molecule has 0 spiro atoms. The molecule has 0 aliphatic heterocycles. The topological polar surface area (TPSA) is 77.2 Å². The zero-order valence-corrected chi connectivity index (χ0v) is 15.0. The minimum atomic E-state index is -0.228. The number of carbonyl (C=O) groups is 1. The number of benzene rings is 2. The second-order valence-electron chi connectivity index (χ2n) is 6.25. The van der Waals surface area contributed by atoms with Crippen molar-refractivity contribution in [2.45, 2.75) is 33.4 Å². The van der Waals surface area contributed by atoms with Crippen molar-refractivity contribution >= 4 is 5.91 Å². The number of nitrogens with one attached hydrogen (secondary N) is 1. The number of ether oxygens (including phenoxy) is 1. The van der Waals surface area contributed by atoms with Gasteiger partial charge in [-0.15, -0.1) is 0 Å². The first kappa shape index (κ1) is 17.7. The van der Waals surface area contributed by atoms with E-state index in [-0.39, 0.29) is 18.6 Å². The highest BCUT2D eigenvalue weighted by molar-refractivity contribution is 5.94. The molecule has 3 aromatic rings. The molecule has 1 aromatic heterocycles. The normalized spacial score (nSPS) is 10.8. The van der Waals surface area contributed by atoms with Crippen LogP contribution in [0.15, 0.2) is 53.1 Å². The fourth-order valence-corrected chi connectivity index (χ4v) is 2.39. The molecule has 0 aliphatic carbocycles. The van der Waals surface area contributed by atoms with Crippen molar-refractivity contribution in [1.82, 2.24) is 15.5 Å². The summed E-state index contributed by atoms with van der Waals surface area (Å²) in [5, 5.41) is 6.74. The third-order valence-corrected chi connectivity index (χ3v) is 3.65. The summed E-state index contributed by atoms with van der Waals surface area (Å²) >= 11 is 0. The van der Waals surface area contributed by atoms with Crippen LogP contribution in [0.5, 0.6) is 5.75 Å². The smallest absolute Gasteiger partial charge is 0.251 e. The van der Waals surface area contributed by atoms with Crippen molar-refractivity contribution in [2.75, 3.05) is 0 Å². The number of hydrogen-bond acceptors (Lipinski definition) is 5. The van der Waals surface area contributed by atoms with Crippen LogP contribution >= 0.6 is 0 Å². The highest BCUT2D eigenvalue weighted by atomic mass is 16.5. The third kappa shape index (κ3) is 4.47. The molecule has 0 radical (unpaired) electrons. The largest absolute Gasteiger partial charge is 0.491 e. The van der Waals surface area contributed by atoms with E-state index in [0.29, 0.717) is 23.0 Å². The first-order chi connectivity index (χ1) is 12.5. The summed E-state index contributed by atoms with van der Waals surface area (Å²) in [6, 6.07) is 14.9. The second kappa shape index (κ2) is 7.82. The molecule has 0 bridgehead atoms. The van der Waals surface area contributed by atoms with Crippen LogP contribution in [0.2, 0.25) is 0 Å². The van der Waals surface area contributed by atoms with E-state index in [1.165, 1.54) is 0 Å². The van der Waals surface area contributed by atoms with Crippen molar-refractivity contribution in [1.29, 1.82) is 0 Å². The van der Waals surface area contributed by atoms with Gasteiger partial charge in [-0.05, 0) is 39.0 Å². The lowest BCUT2D eigenvalue weighted by molar-refractivity contribution is 0.0945. The molecule has 0 atom stereocenters. The van der Waals surface area contributed by atoms with E-state index < -0.39 is 0 Å². The Balaban J connectivity index is 1.62. The first-order valence-corrected chi connectivity index (χ1v) is 8.46. The maximum absolute atomic E-state index is 12.3. The zero-order chi connectivity index (χ0) is 18.5. The van der Waals surface area contributed by atoms with Crippen molar-refractivity contribution in [3.05, 3.63) is 65.5 Å². The van der Waals surface area contributed by atoms with E-state index in [1.807, 2.05) is 51.1 Å². The molecule has 1 heterocycles. The third-order valence-electron chi connectivity index (χ3n) is 3.65. The van der Waals surface area contributed by atoms with Crippen LogP contribution in [0.1, 0.15) is 35.7 Å². The van der Waals surface area contributed by atoms with Crippen molar-refractivity contribution in [3.8, 4) is 17.1 Å². The van der Waals surface area contributed by atoms with E-state index in [4.69, 9.17) is 9.26 Å². The summed E-state index contributed by atoms with van der Waals surface area (Å²) in [7, 11) is 0. The monoisotopic (exact) mass is 351 g/mol. The molecule has 134 valence electrons. The predicted octanol–water partition coefficient (Wildman–Crippen LogP) is 3.76. The van der Waals surface area contributed by atoms with Crippen molar-refractivity contribution < 1.29 is 14.1 Å². The van der Waals surface area contributed by atoms with Crippen LogP contribution in [-0.4, -0.2) is 22.2 Å². The number of aromatic nitrogens is 2. The molecule has 6 nitrogen and oxygen atoms in total. The maximum Gasteiger partial charge on any atom is 0.251 e. The molecule has 6 heteroatoms. The van der Waals surface area contributed by atoms with E-state index in [9.17, 15) is 4.79 Å². The lowest BCUT2D eigenvalue weighted by Crippen LogP contribution is -2.23. The fraction of sp³-hybridized carbons (Fsp3) is 0.250. The average molecular weight is 351 g/mol. The summed E-state index contributed by atoms with van der Waals surface area (Å²) in [5.41, 5.74) is 2.55. The molecular weight excluding hydrogens is 330 g/mol. The number of carbonyl (C=O) groups excluding carboxylic acids is 1. The van der Waals surface area contributed by atoms with Gasteiger partial charge >= 0.3 is 0 Å². The Hall–Kier alpha value is -3.15. The van der Waals surface area contributed by atoms with Gasteiger partial charge in [0.15, 0.2) is 0 Å². The number of nitrogens with zero attached hydrogens (tertiary/aromatic N) is 2. The molecule has 0 fully saturated rings. The van der Waals surface area contributed by atoms with Gasteiger partial charge in [0, 0.05) is 11.1 Å². The van der Waals surface area contributed by atoms with Gasteiger partial charge in [0.05, 0.1) is 12.6 Å². The first-order valence-electron chi connectivity index (χ1n) is 8.46. The molecule has 0 aliphatic rings. The van der Waals surface area contributed by atoms with Crippen LogP contribution in [-0.2, 0) is 6.54 Å². The van der Waals surface area contributed by atoms with Gasteiger partial charge in [-0.3, -0.25) is 4.79 Å². The van der Waals surface area contributed by atoms with Crippen LogP contribution < -0.4 is 10.1 Å². The van der Waals surface area contributed by atoms with E-state index in [1.54, 1.807) is 18.2 Å². The summed E-state index contributed by atoms with van der Waals surface area (Å²) in [4.78, 5) is 16.6. The average Bonchev–Trinajstić information content (AvgIpc) is 3.09. The van der Waals surface area contributed by atoms with Crippen molar-refractivity contribution in [2.24, 2.45) is 0 Å². The Morgan fingerprint density at radius 1 is 1.19 bits per heavy atom. The Morgan fingerprint density at radius 2 is 1.96 bits per heavy atom.